The van der Waals surface area contributed by atoms with Gasteiger partial charge in [0.15, 0.2) is 0 Å². The molecular formula is C16H23N5O. The third kappa shape index (κ3) is 3.18. The van der Waals surface area contributed by atoms with Gasteiger partial charge in [0.1, 0.15) is 11.3 Å². The third-order valence-corrected chi connectivity index (χ3v) is 4.20. The average molecular weight is 301 g/mol. The minimum Gasteiger partial charge on any atom is -0.382 e. The number of aliphatic hydroxyl groups is 1. The molecular weight excluding hydrogens is 278 g/mol. The molecule has 1 aliphatic heterocycles. The number of hydrogen-bond donors (Lipinski definition) is 1. The van der Waals surface area contributed by atoms with Crippen molar-refractivity contribution in [2.24, 2.45) is 0 Å². The summed E-state index contributed by atoms with van der Waals surface area (Å²) < 4.78 is 1.80. The summed E-state index contributed by atoms with van der Waals surface area (Å²) >= 11 is 0. The molecule has 0 bridgehead atoms. The van der Waals surface area contributed by atoms with Crippen LogP contribution in [0.1, 0.15) is 44.0 Å². The molecule has 0 amide bonds. The van der Waals surface area contributed by atoms with Crippen LogP contribution < -0.4 is 0 Å². The SMILES string of the molecule is CC(C)n1cc([C@]2(O)CCCN(Cc3cccnc3)C2)nn1. The Morgan fingerprint density at radius 1 is 1.41 bits per heavy atom. The van der Waals surface area contributed by atoms with E-state index in [1.54, 1.807) is 10.9 Å². The Balaban J connectivity index is 1.73. The van der Waals surface area contributed by atoms with Crippen molar-refractivity contribution < 1.29 is 5.11 Å². The van der Waals surface area contributed by atoms with Gasteiger partial charge in [-0.2, -0.15) is 0 Å². The van der Waals surface area contributed by atoms with Crippen molar-refractivity contribution in [1.82, 2.24) is 24.9 Å². The summed E-state index contributed by atoms with van der Waals surface area (Å²) in [6, 6.07) is 4.26. The maximum atomic E-state index is 11.0. The van der Waals surface area contributed by atoms with Gasteiger partial charge in [-0.15, -0.1) is 5.10 Å². The minimum absolute atomic E-state index is 0.250. The van der Waals surface area contributed by atoms with Gasteiger partial charge in [0.25, 0.3) is 0 Å². The first-order valence-corrected chi connectivity index (χ1v) is 7.83. The predicted molar refractivity (Wildman–Crippen MR) is 83.1 cm³/mol. The molecule has 2 aromatic rings. The van der Waals surface area contributed by atoms with Crippen LogP contribution in [0.4, 0.5) is 0 Å². The van der Waals surface area contributed by atoms with Crippen LogP contribution in [0.5, 0.6) is 0 Å². The fourth-order valence-electron chi connectivity index (χ4n) is 2.96. The monoisotopic (exact) mass is 301 g/mol. The molecule has 118 valence electrons. The first-order valence-electron chi connectivity index (χ1n) is 7.83. The Morgan fingerprint density at radius 2 is 2.27 bits per heavy atom. The molecule has 0 aliphatic carbocycles. The lowest BCUT2D eigenvalue weighted by Crippen LogP contribution is -2.45. The summed E-state index contributed by atoms with van der Waals surface area (Å²) in [4.78, 5) is 6.41. The average Bonchev–Trinajstić information content (AvgIpc) is 2.99. The van der Waals surface area contributed by atoms with Crippen LogP contribution in [-0.2, 0) is 12.1 Å². The zero-order valence-corrected chi connectivity index (χ0v) is 13.2. The van der Waals surface area contributed by atoms with Gasteiger partial charge in [-0.1, -0.05) is 11.3 Å². The first kappa shape index (κ1) is 15.1. The Kier molecular flexibility index (Phi) is 4.22. The van der Waals surface area contributed by atoms with Crippen LogP contribution in [0.15, 0.2) is 30.7 Å². The molecule has 0 radical (unpaired) electrons. The van der Waals surface area contributed by atoms with E-state index in [9.17, 15) is 5.11 Å². The molecule has 0 aromatic carbocycles. The zero-order valence-electron chi connectivity index (χ0n) is 13.2. The maximum absolute atomic E-state index is 11.0. The summed E-state index contributed by atoms with van der Waals surface area (Å²) in [6.07, 6.45) is 7.21. The number of aromatic nitrogens is 4. The van der Waals surface area contributed by atoms with Crippen molar-refractivity contribution in [1.29, 1.82) is 0 Å². The van der Waals surface area contributed by atoms with Crippen molar-refractivity contribution in [3.8, 4) is 0 Å². The molecule has 3 rings (SSSR count). The van der Waals surface area contributed by atoms with E-state index < -0.39 is 5.60 Å². The van der Waals surface area contributed by atoms with Crippen LogP contribution in [0, 0.1) is 0 Å². The third-order valence-electron chi connectivity index (χ3n) is 4.20. The van der Waals surface area contributed by atoms with Gasteiger partial charge < -0.3 is 5.11 Å². The lowest BCUT2D eigenvalue weighted by atomic mass is 9.90. The van der Waals surface area contributed by atoms with E-state index >= 15 is 0 Å². The van der Waals surface area contributed by atoms with Crippen LogP contribution in [0.3, 0.4) is 0 Å². The molecule has 6 nitrogen and oxygen atoms in total. The Labute approximate surface area is 130 Å². The van der Waals surface area contributed by atoms with Crippen molar-refractivity contribution in [3.05, 3.63) is 42.0 Å². The van der Waals surface area contributed by atoms with Crippen molar-refractivity contribution in [2.45, 2.75) is 44.9 Å². The number of piperidine rings is 1. The fraction of sp³-hybridized carbons (Fsp3) is 0.562. The summed E-state index contributed by atoms with van der Waals surface area (Å²) in [5.74, 6) is 0. The lowest BCUT2D eigenvalue weighted by molar-refractivity contribution is -0.0414. The fourth-order valence-corrected chi connectivity index (χ4v) is 2.96. The van der Waals surface area contributed by atoms with E-state index in [2.05, 4.69) is 40.1 Å². The predicted octanol–water partition coefficient (Wildman–Crippen LogP) is 1.74. The van der Waals surface area contributed by atoms with E-state index in [1.165, 1.54) is 0 Å². The van der Waals surface area contributed by atoms with Gasteiger partial charge in [0, 0.05) is 31.5 Å². The minimum atomic E-state index is -0.909. The lowest BCUT2D eigenvalue weighted by Gasteiger charge is -2.38. The Bertz CT molecular complexity index is 612. The molecule has 1 saturated heterocycles. The van der Waals surface area contributed by atoms with Gasteiger partial charge in [-0.25, -0.2) is 4.68 Å². The van der Waals surface area contributed by atoms with Crippen molar-refractivity contribution >= 4 is 0 Å². The quantitative estimate of drug-likeness (QED) is 0.931. The second-order valence-electron chi connectivity index (χ2n) is 6.38. The van der Waals surface area contributed by atoms with Crippen LogP contribution in [0.2, 0.25) is 0 Å². The van der Waals surface area contributed by atoms with Gasteiger partial charge in [0.2, 0.25) is 0 Å². The summed E-state index contributed by atoms with van der Waals surface area (Å²) in [7, 11) is 0. The summed E-state index contributed by atoms with van der Waals surface area (Å²) in [5.41, 5.74) is 0.933. The molecule has 1 aliphatic rings. The van der Waals surface area contributed by atoms with Crippen LogP contribution in [0.25, 0.3) is 0 Å². The van der Waals surface area contributed by atoms with E-state index in [-0.39, 0.29) is 6.04 Å². The maximum Gasteiger partial charge on any atom is 0.123 e. The molecule has 22 heavy (non-hydrogen) atoms. The Hall–Kier alpha value is -1.79. The van der Waals surface area contributed by atoms with Crippen LogP contribution >= 0.6 is 0 Å². The van der Waals surface area contributed by atoms with E-state index in [0.717, 1.165) is 31.5 Å². The highest BCUT2D eigenvalue weighted by Crippen LogP contribution is 2.31. The van der Waals surface area contributed by atoms with Crippen molar-refractivity contribution in [2.75, 3.05) is 13.1 Å². The largest absolute Gasteiger partial charge is 0.382 e. The van der Waals surface area contributed by atoms with Gasteiger partial charge in [-0.05, 0) is 44.9 Å². The standard InChI is InChI=1S/C16H23N5O/c1-13(2)21-11-15(18-19-21)16(22)6-4-8-20(12-16)10-14-5-3-7-17-9-14/h3,5,7,9,11,13,22H,4,6,8,10,12H2,1-2H3/t16-/m0/s1. The first-order chi connectivity index (χ1) is 10.6. The van der Waals surface area contributed by atoms with E-state index in [4.69, 9.17) is 0 Å². The van der Waals surface area contributed by atoms with Crippen molar-refractivity contribution in [3.63, 3.8) is 0 Å². The molecule has 1 fully saturated rings. The summed E-state index contributed by atoms with van der Waals surface area (Å²) in [5, 5.41) is 19.3. The zero-order chi connectivity index (χ0) is 15.6. The van der Waals surface area contributed by atoms with Gasteiger partial charge in [-0.3, -0.25) is 9.88 Å². The second kappa shape index (κ2) is 6.14. The smallest absolute Gasteiger partial charge is 0.123 e. The normalized spacial score (nSPS) is 23.1. The second-order valence-corrected chi connectivity index (χ2v) is 6.38. The summed E-state index contributed by atoms with van der Waals surface area (Å²) in [6.45, 7) is 6.47. The van der Waals surface area contributed by atoms with Gasteiger partial charge >= 0.3 is 0 Å². The molecule has 0 saturated carbocycles. The Morgan fingerprint density at radius 3 is 2.95 bits per heavy atom. The van der Waals surface area contributed by atoms with E-state index in [0.29, 0.717) is 12.2 Å². The highest BCUT2D eigenvalue weighted by molar-refractivity contribution is 5.12. The highest BCUT2D eigenvalue weighted by Gasteiger charge is 2.37. The number of rotatable bonds is 4. The molecule has 1 N–H and O–H groups in total. The topological polar surface area (TPSA) is 67.1 Å². The molecule has 2 aromatic heterocycles. The van der Waals surface area contributed by atoms with Gasteiger partial charge in [0.05, 0.1) is 6.20 Å². The number of pyridine rings is 1. The number of nitrogens with zero attached hydrogens (tertiary/aromatic N) is 5. The number of likely N-dealkylation sites (tertiary alicyclic amines) is 1. The number of β-amino-alcohol motifs (C(OH)–C–C–N with tert-alkyl or cyclic N) is 1. The van der Waals surface area contributed by atoms with Crippen LogP contribution in [-0.4, -0.2) is 43.1 Å². The number of hydrogen-bond acceptors (Lipinski definition) is 5. The molecule has 3 heterocycles. The molecule has 6 heteroatoms. The molecule has 1 atom stereocenters. The molecule has 0 spiro atoms. The van der Waals surface area contributed by atoms with E-state index in [1.807, 2.05) is 18.5 Å². The molecule has 0 unspecified atom stereocenters. The highest BCUT2D eigenvalue weighted by atomic mass is 16.3.